The number of hydrogen-bond acceptors (Lipinski definition) is 1. The lowest BCUT2D eigenvalue weighted by molar-refractivity contribution is 0.553. The molecule has 1 aliphatic carbocycles. The molecule has 1 aromatic carbocycles. The number of rotatable bonds is 2. The largest absolute Gasteiger partial charge is 0.325 e. The summed E-state index contributed by atoms with van der Waals surface area (Å²) in [5.41, 5.74) is 6.65. The van der Waals surface area contributed by atoms with E-state index in [2.05, 4.69) is 0 Å². The minimum atomic E-state index is -0.492. The van der Waals surface area contributed by atoms with Crippen LogP contribution in [0.2, 0.25) is 0 Å². The van der Waals surface area contributed by atoms with Crippen molar-refractivity contribution >= 4 is 0 Å². The predicted octanol–water partition coefficient (Wildman–Crippen LogP) is 2.31. The van der Waals surface area contributed by atoms with Gasteiger partial charge in [0, 0.05) is 11.6 Å². The first-order valence-electron chi connectivity index (χ1n) is 4.74. The lowest BCUT2D eigenvalue weighted by atomic mass is 10.0. The minimum absolute atomic E-state index is 0.231. The van der Waals surface area contributed by atoms with Gasteiger partial charge in [0.2, 0.25) is 0 Å². The maximum atomic E-state index is 13.3. The molecule has 3 heteroatoms. The van der Waals surface area contributed by atoms with E-state index in [0.29, 0.717) is 17.5 Å². The van der Waals surface area contributed by atoms with Crippen LogP contribution in [0.25, 0.3) is 0 Å². The van der Waals surface area contributed by atoms with Crippen LogP contribution >= 0.6 is 0 Å². The highest BCUT2D eigenvalue weighted by Crippen LogP contribution is 2.36. The van der Waals surface area contributed by atoms with Gasteiger partial charge in [0.05, 0.1) is 0 Å². The van der Waals surface area contributed by atoms with Crippen molar-refractivity contribution in [3.05, 3.63) is 34.9 Å². The summed E-state index contributed by atoms with van der Waals surface area (Å²) in [6.07, 6.45) is 2.38. The van der Waals surface area contributed by atoms with Crippen molar-refractivity contribution in [2.45, 2.75) is 31.7 Å². The molecule has 0 aliphatic heterocycles. The first-order valence-corrected chi connectivity index (χ1v) is 4.74. The molecular weight excluding hydrogens is 184 g/mol. The highest BCUT2D eigenvalue weighted by atomic mass is 19.1. The van der Waals surface area contributed by atoms with Gasteiger partial charge in [-0.1, -0.05) is 6.07 Å². The Morgan fingerprint density at radius 1 is 1.29 bits per heavy atom. The molecule has 76 valence electrons. The normalized spacial score (nSPS) is 18.3. The Balaban J connectivity index is 2.29. The number of benzene rings is 1. The molecule has 0 spiro atoms. The standard InChI is InChI=1S/C11H13F2N/c1-7-4-8(6-11(14)2-3-11)10(13)5-9(7)12/h4-5H,2-3,6,14H2,1H3. The van der Waals surface area contributed by atoms with Gasteiger partial charge in [-0.05, 0) is 37.3 Å². The van der Waals surface area contributed by atoms with Gasteiger partial charge in [-0.3, -0.25) is 0 Å². The van der Waals surface area contributed by atoms with Gasteiger partial charge in [0.15, 0.2) is 0 Å². The smallest absolute Gasteiger partial charge is 0.129 e. The van der Waals surface area contributed by atoms with E-state index in [1.165, 1.54) is 0 Å². The van der Waals surface area contributed by atoms with Crippen LogP contribution in [0.5, 0.6) is 0 Å². The molecule has 1 fully saturated rings. The molecule has 1 aromatic rings. The van der Waals surface area contributed by atoms with Crippen LogP contribution in [-0.4, -0.2) is 5.54 Å². The van der Waals surface area contributed by atoms with Crippen LogP contribution in [0.15, 0.2) is 12.1 Å². The van der Waals surface area contributed by atoms with Gasteiger partial charge in [0.25, 0.3) is 0 Å². The fourth-order valence-corrected chi connectivity index (χ4v) is 1.57. The van der Waals surface area contributed by atoms with E-state index in [4.69, 9.17) is 5.73 Å². The second-order valence-corrected chi connectivity index (χ2v) is 4.23. The predicted molar refractivity (Wildman–Crippen MR) is 51.0 cm³/mol. The van der Waals surface area contributed by atoms with Crippen LogP contribution in [-0.2, 0) is 6.42 Å². The SMILES string of the molecule is Cc1cc(CC2(N)CC2)c(F)cc1F. The third kappa shape index (κ3) is 1.77. The molecule has 1 saturated carbocycles. The van der Waals surface area contributed by atoms with Crippen molar-refractivity contribution in [1.29, 1.82) is 0 Å². The number of nitrogens with two attached hydrogens (primary N) is 1. The van der Waals surface area contributed by atoms with Gasteiger partial charge < -0.3 is 5.73 Å². The monoisotopic (exact) mass is 197 g/mol. The number of aryl methyl sites for hydroxylation is 1. The molecule has 0 radical (unpaired) electrons. The molecule has 0 amide bonds. The number of hydrogen-bond donors (Lipinski definition) is 1. The molecule has 0 heterocycles. The highest BCUT2D eigenvalue weighted by molar-refractivity contribution is 5.28. The van der Waals surface area contributed by atoms with Gasteiger partial charge in [0.1, 0.15) is 11.6 Å². The fraction of sp³-hybridized carbons (Fsp3) is 0.455. The van der Waals surface area contributed by atoms with Crippen LogP contribution < -0.4 is 5.73 Å². The summed E-state index contributed by atoms with van der Waals surface area (Å²) >= 11 is 0. The van der Waals surface area contributed by atoms with E-state index in [-0.39, 0.29) is 5.54 Å². The van der Waals surface area contributed by atoms with Crippen molar-refractivity contribution in [1.82, 2.24) is 0 Å². The molecule has 14 heavy (non-hydrogen) atoms. The Hall–Kier alpha value is -0.960. The Morgan fingerprint density at radius 2 is 1.93 bits per heavy atom. The minimum Gasteiger partial charge on any atom is -0.325 e. The van der Waals surface area contributed by atoms with E-state index < -0.39 is 11.6 Å². The topological polar surface area (TPSA) is 26.0 Å². The maximum Gasteiger partial charge on any atom is 0.129 e. The van der Waals surface area contributed by atoms with Gasteiger partial charge in [-0.2, -0.15) is 0 Å². The Labute approximate surface area is 81.9 Å². The van der Waals surface area contributed by atoms with Crippen molar-refractivity contribution in [2.24, 2.45) is 5.73 Å². The second kappa shape index (κ2) is 3.02. The average Bonchev–Trinajstić information content (AvgIpc) is 2.80. The maximum absolute atomic E-state index is 13.3. The molecule has 0 aromatic heterocycles. The van der Waals surface area contributed by atoms with E-state index in [1.54, 1.807) is 13.0 Å². The third-order valence-corrected chi connectivity index (χ3v) is 2.76. The van der Waals surface area contributed by atoms with Crippen molar-refractivity contribution in [2.75, 3.05) is 0 Å². The zero-order valence-electron chi connectivity index (χ0n) is 8.11. The first-order chi connectivity index (χ1) is 6.50. The van der Waals surface area contributed by atoms with E-state index in [0.717, 1.165) is 18.9 Å². The molecule has 2 rings (SSSR count). The van der Waals surface area contributed by atoms with Crippen LogP contribution in [0.4, 0.5) is 8.78 Å². The summed E-state index contributed by atoms with van der Waals surface area (Å²) in [4.78, 5) is 0. The van der Waals surface area contributed by atoms with Gasteiger partial charge >= 0.3 is 0 Å². The summed E-state index contributed by atoms with van der Waals surface area (Å²) in [6, 6.07) is 2.49. The Bertz CT molecular complexity index is 370. The molecule has 0 atom stereocenters. The second-order valence-electron chi connectivity index (χ2n) is 4.23. The lowest BCUT2D eigenvalue weighted by Crippen LogP contribution is -2.25. The zero-order valence-corrected chi connectivity index (χ0v) is 8.11. The summed E-state index contributed by atoms with van der Waals surface area (Å²) in [7, 11) is 0. The zero-order chi connectivity index (χ0) is 10.3. The van der Waals surface area contributed by atoms with E-state index in [9.17, 15) is 8.78 Å². The van der Waals surface area contributed by atoms with Crippen LogP contribution in [0.1, 0.15) is 24.0 Å². The van der Waals surface area contributed by atoms with Gasteiger partial charge in [-0.25, -0.2) is 8.78 Å². The first kappa shape index (κ1) is 9.59. The van der Waals surface area contributed by atoms with E-state index in [1.807, 2.05) is 0 Å². The molecule has 2 N–H and O–H groups in total. The lowest BCUT2D eigenvalue weighted by Gasteiger charge is -2.10. The third-order valence-electron chi connectivity index (χ3n) is 2.76. The molecular formula is C11H13F2N. The Morgan fingerprint density at radius 3 is 2.50 bits per heavy atom. The molecule has 0 bridgehead atoms. The molecule has 0 unspecified atom stereocenters. The van der Waals surface area contributed by atoms with E-state index >= 15 is 0 Å². The summed E-state index contributed by atoms with van der Waals surface area (Å²) in [5.74, 6) is -0.974. The number of halogens is 2. The van der Waals surface area contributed by atoms with Gasteiger partial charge in [-0.15, -0.1) is 0 Å². The molecule has 0 saturated heterocycles. The quantitative estimate of drug-likeness (QED) is 0.773. The summed E-state index contributed by atoms with van der Waals surface area (Å²) < 4.78 is 26.2. The molecule has 1 aliphatic rings. The fourth-order valence-electron chi connectivity index (χ4n) is 1.57. The highest BCUT2D eigenvalue weighted by Gasteiger charge is 2.38. The summed E-state index contributed by atoms with van der Waals surface area (Å²) in [6.45, 7) is 1.63. The van der Waals surface area contributed by atoms with Crippen LogP contribution in [0.3, 0.4) is 0 Å². The van der Waals surface area contributed by atoms with Crippen molar-refractivity contribution < 1.29 is 8.78 Å². The molecule has 1 nitrogen and oxygen atoms in total. The van der Waals surface area contributed by atoms with Crippen molar-refractivity contribution in [3.63, 3.8) is 0 Å². The average molecular weight is 197 g/mol. The van der Waals surface area contributed by atoms with Crippen molar-refractivity contribution in [3.8, 4) is 0 Å². The Kier molecular flexibility index (Phi) is 2.07. The van der Waals surface area contributed by atoms with Crippen LogP contribution in [0, 0.1) is 18.6 Å². The summed E-state index contributed by atoms with van der Waals surface area (Å²) in [5, 5.41) is 0.